The molecule has 1 fully saturated rings. The zero-order valence-electron chi connectivity index (χ0n) is 7.78. The van der Waals surface area contributed by atoms with Crippen molar-refractivity contribution in [2.24, 2.45) is 5.73 Å². The van der Waals surface area contributed by atoms with Crippen LogP contribution in [0.3, 0.4) is 0 Å². The van der Waals surface area contributed by atoms with Crippen LogP contribution < -0.4 is 5.73 Å². The maximum Gasteiger partial charge on any atom is 0.0442 e. The first-order valence-electron chi connectivity index (χ1n) is 4.89. The third kappa shape index (κ3) is 1.93. The molecule has 1 aromatic rings. The molecule has 1 atom stereocenters. The van der Waals surface area contributed by atoms with Crippen molar-refractivity contribution >= 4 is 11.3 Å². The number of nitrogens with two attached hydrogens (primary N) is 1. The van der Waals surface area contributed by atoms with E-state index in [9.17, 15) is 0 Å². The Morgan fingerprint density at radius 2 is 2.54 bits per heavy atom. The van der Waals surface area contributed by atoms with Gasteiger partial charge < -0.3 is 5.73 Å². The van der Waals surface area contributed by atoms with E-state index < -0.39 is 0 Å². The average molecular weight is 196 g/mol. The van der Waals surface area contributed by atoms with E-state index in [1.54, 1.807) is 0 Å². The maximum atomic E-state index is 5.59. The van der Waals surface area contributed by atoms with Crippen LogP contribution in [0.15, 0.2) is 17.5 Å². The van der Waals surface area contributed by atoms with Crippen molar-refractivity contribution < 1.29 is 0 Å². The van der Waals surface area contributed by atoms with E-state index in [2.05, 4.69) is 22.4 Å². The molecule has 0 aliphatic carbocycles. The number of thiophene rings is 1. The Bertz CT molecular complexity index is 245. The lowest BCUT2D eigenvalue weighted by Gasteiger charge is -2.22. The molecular weight excluding hydrogens is 180 g/mol. The van der Waals surface area contributed by atoms with Crippen LogP contribution in [0.4, 0.5) is 0 Å². The summed E-state index contributed by atoms with van der Waals surface area (Å²) in [4.78, 5) is 4.01. The molecule has 0 amide bonds. The largest absolute Gasteiger partial charge is 0.329 e. The van der Waals surface area contributed by atoms with Gasteiger partial charge in [-0.25, -0.2) is 0 Å². The normalized spacial score (nSPS) is 23.9. The summed E-state index contributed by atoms with van der Waals surface area (Å²) < 4.78 is 0. The van der Waals surface area contributed by atoms with Crippen LogP contribution in [0.5, 0.6) is 0 Å². The molecule has 1 saturated heterocycles. The Morgan fingerprint density at radius 3 is 3.23 bits per heavy atom. The van der Waals surface area contributed by atoms with Crippen molar-refractivity contribution in [2.75, 3.05) is 19.6 Å². The maximum absolute atomic E-state index is 5.59. The van der Waals surface area contributed by atoms with Crippen molar-refractivity contribution in [2.45, 2.75) is 18.9 Å². The van der Waals surface area contributed by atoms with Crippen molar-refractivity contribution in [1.29, 1.82) is 0 Å². The molecule has 2 rings (SSSR count). The van der Waals surface area contributed by atoms with Crippen LogP contribution in [0.25, 0.3) is 0 Å². The van der Waals surface area contributed by atoms with Gasteiger partial charge in [-0.15, -0.1) is 11.3 Å². The van der Waals surface area contributed by atoms with Crippen LogP contribution in [0.2, 0.25) is 0 Å². The van der Waals surface area contributed by atoms with Crippen molar-refractivity contribution in [3.05, 3.63) is 22.4 Å². The zero-order chi connectivity index (χ0) is 9.10. The topological polar surface area (TPSA) is 29.3 Å². The quantitative estimate of drug-likeness (QED) is 0.799. The third-order valence-electron chi connectivity index (χ3n) is 2.65. The number of likely N-dealkylation sites (tertiary alicyclic amines) is 1. The fourth-order valence-electron chi connectivity index (χ4n) is 2.06. The lowest BCUT2D eigenvalue weighted by molar-refractivity contribution is 0.268. The van der Waals surface area contributed by atoms with Crippen molar-refractivity contribution in [1.82, 2.24) is 4.90 Å². The van der Waals surface area contributed by atoms with Gasteiger partial charge in [0.2, 0.25) is 0 Å². The number of rotatable bonds is 3. The highest BCUT2D eigenvalue weighted by Gasteiger charge is 2.25. The predicted molar refractivity (Wildman–Crippen MR) is 56.9 cm³/mol. The second-order valence-electron chi connectivity index (χ2n) is 3.50. The third-order valence-corrected chi connectivity index (χ3v) is 3.63. The predicted octanol–water partition coefficient (Wildman–Crippen LogP) is 1.84. The van der Waals surface area contributed by atoms with E-state index in [1.807, 2.05) is 11.3 Å². The lowest BCUT2D eigenvalue weighted by Crippen LogP contribution is -2.28. The van der Waals surface area contributed by atoms with Gasteiger partial charge in [0, 0.05) is 24.0 Å². The van der Waals surface area contributed by atoms with Gasteiger partial charge in [0.05, 0.1) is 0 Å². The molecule has 1 aliphatic rings. The SMILES string of the molecule is NCCN1CCC[C@H]1c1cccs1. The Balaban J connectivity index is 2.05. The van der Waals surface area contributed by atoms with Gasteiger partial charge in [-0.2, -0.15) is 0 Å². The summed E-state index contributed by atoms with van der Waals surface area (Å²) in [6.07, 6.45) is 2.63. The number of nitrogens with zero attached hydrogens (tertiary/aromatic N) is 1. The number of hydrogen-bond donors (Lipinski definition) is 1. The van der Waals surface area contributed by atoms with Gasteiger partial charge in [-0.1, -0.05) is 6.07 Å². The molecule has 2 heterocycles. The van der Waals surface area contributed by atoms with Crippen molar-refractivity contribution in [3.63, 3.8) is 0 Å². The molecule has 1 aliphatic heterocycles. The Labute approximate surface area is 83.4 Å². The molecule has 0 saturated carbocycles. The minimum Gasteiger partial charge on any atom is -0.329 e. The molecule has 1 aromatic heterocycles. The molecule has 3 heteroatoms. The first-order chi connectivity index (χ1) is 6.42. The smallest absolute Gasteiger partial charge is 0.0442 e. The van der Waals surface area contributed by atoms with Gasteiger partial charge in [0.25, 0.3) is 0 Å². The zero-order valence-corrected chi connectivity index (χ0v) is 8.59. The van der Waals surface area contributed by atoms with Crippen LogP contribution in [-0.2, 0) is 0 Å². The monoisotopic (exact) mass is 196 g/mol. The summed E-state index contributed by atoms with van der Waals surface area (Å²) in [7, 11) is 0. The molecular formula is C10H16N2S. The highest BCUT2D eigenvalue weighted by molar-refractivity contribution is 7.10. The minimum absolute atomic E-state index is 0.656. The average Bonchev–Trinajstić information content (AvgIpc) is 2.71. The Morgan fingerprint density at radius 1 is 1.62 bits per heavy atom. The van der Waals surface area contributed by atoms with Crippen LogP contribution in [0, 0.1) is 0 Å². The molecule has 0 spiro atoms. The van der Waals surface area contributed by atoms with Gasteiger partial charge in [0.15, 0.2) is 0 Å². The summed E-state index contributed by atoms with van der Waals surface area (Å²) in [5, 5.41) is 2.16. The van der Waals surface area contributed by atoms with Crippen LogP contribution >= 0.6 is 11.3 Å². The van der Waals surface area contributed by atoms with Gasteiger partial charge in [0.1, 0.15) is 0 Å². The summed E-state index contributed by atoms with van der Waals surface area (Å²) in [6, 6.07) is 5.03. The molecule has 72 valence electrons. The molecule has 0 aromatic carbocycles. The minimum atomic E-state index is 0.656. The molecule has 0 bridgehead atoms. The number of hydrogen-bond acceptors (Lipinski definition) is 3. The van der Waals surface area contributed by atoms with E-state index in [0.29, 0.717) is 6.04 Å². The second-order valence-corrected chi connectivity index (χ2v) is 4.48. The second kappa shape index (κ2) is 4.22. The Hall–Kier alpha value is -0.380. The van der Waals surface area contributed by atoms with Gasteiger partial charge >= 0.3 is 0 Å². The van der Waals surface area contributed by atoms with Gasteiger partial charge in [-0.3, -0.25) is 4.90 Å². The first-order valence-corrected chi connectivity index (χ1v) is 5.77. The van der Waals surface area contributed by atoms with Crippen LogP contribution in [0.1, 0.15) is 23.8 Å². The molecule has 2 N–H and O–H groups in total. The summed E-state index contributed by atoms with van der Waals surface area (Å²) >= 11 is 1.87. The molecule has 13 heavy (non-hydrogen) atoms. The highest BCUT2D eigenvalue weighted by atomic mass is 32.1. The van der Waals surface area contributed by atoms with E-state index >= 15 is 0 Å². The lowest BCUT2D eigenvalue weighted by atomic mass is 10.2. The molecule has 0 radical (unpaired) electrons. The van der Waals surface area contributed by atoms with Crippen molar-refractivity contribution in [3.8, 4) is 0 Å². The fourth-order valence-corrected chi connectivity index (χ4v) is 2.96. The summed E-state index contributed by atoms with van der Waals surface area (Å²) in [5.41, 5.74) is 5.59. The molecule has 0 unspecified atom stereocenters. The standard InChI is InChI=1S/C10H16N2S/c11-5-7-12-6-1-3-9(12)10-4-2-8-13-10/h2,4,8-9H,1,3,5-7,11H2/t9-/m0/s1. The molecule has 2 nitrogen and oxygen atoms in total. The van der Waals surface area contributed by atoms with E-state index in [4.69, 9.17) is 5.73 Å². The van der Waals surface area contributed by atoms with E-state index in [1.165, 1.54) is 24.3 Å². The van der Waals surface area contributed by atoms with E-state index in [0.717, 1.165) is 13.1 Å². The van der Waals surface area contributed by atoms with Crippen LogP contribution in [-0.4, -0.2) is 24.5 Å². The van der Waals surface area contributed by atoms with Gasteiger partial charge in [-0.05, 0) is 30.8 Å². The van der Waals surface area contributed by atoms with E-state index in [-0.39, 0.29) is 0 Å². The fraction of sp³-hybridized carbons (Fsp3) is 0.600. The summed E-state index contributed by atoms with van der Waals surface area (Å²) in [6.45, 7) is 3.05. The first kappa shape index (κ1) is 9.19. The summed E-state index contributed by atoms with van der Waals surface area (Å²) in [5.74, 6) is 0. The Kier molecular flexibility index (Phi) is 2.98. The highest BCUT2D eigenvalue weighted by Crippen LogP contribution is 2.33.